The molecule has 0 amide bonds. The van der Waals surface area contributed by atoms with E-state index in [1.54, 1.807) is 18.2 Å². The van der Waals surface area contributed by atoms with Crippen molar-refractivity contribution in [3.63, 3.8) is 0 Å². The Labute approximate surface area is 106 Å². The third kappa shape index (κ3) is 2.65. The summed E-state index contributed by atoms with van der Waals surface area (Å²) in [5.74, 6) is -0.236. The molecular formula is C16H15FO. The van der Waals surface area contributed by atoms with Gasteiger partial charge in [0.05, 0.1) is 0 Å². The van der Waals surface area contributed by atoms with Crippen LogP contribution in [0.3, 0.4) is 0 Å². The molecule has 0 N–H and O–H groups in total. The van der Waals surface area contributed by atoms with E-state index in [2.05, 4.69) is 6.92 Å². The first-order valence-corrected chi connectivity index (χ1v) is 6.08. The third-order valence-corrected chi connectivity index (χ3v) is 2.94. The number of rotatable bonds is 4. The Morgan fingerprint density at radius 2 is 1.83 bits per heavy atom. The zero-order chi connectivity index (χ0) is 13.0. The Balaban J connectivity index is 2.48. The summed E-state index contributed by atoms with van der Waals surface area (Å²) in [5.41, 5.74) is 3.87. The molecule has 0 aliphatic heterocycles. The quantitative estimate of drug-likeness (QED) is 0.732. The van der Waals surface area contributed by atoms with Crippen LogP contribution in [0.5, 0.6) is 0 Å². The predicted molar refractivity (Wildman–Crippen MR) is 71.2 cm³/mol. The summed E-state index contributed by atoms with van der Waals surface area (Å²) in [7, 11) is 0. The number of carbonyl (C=O) groups excluding carboxylic acids is 1. The van der Waals surface area contributed by atoms with Crippen LogP contribution in [0.15, 0.2) is 42.5 Å². The summed E-state index contributed by atoms with van der Waals surface area (Å²) >= 11 is 0. The first-order valence-electron chi connectivity index (χ1n) is 6.08. The van der Waals surface area contributed by atoms with Gasteiger partial charge in [-0.15, -0.1) is 0 Å². The number of aryl methyl sites for hydroxylation is 1. The number of aldehydes is 1. The van der Waals surface area contributed by atoms with Crippen molar-refractivity contribution in [3.8, 4) is 11.1 Å². The van der Waals surface area contributed by atoms with E-state index in [9.17, 15) is 9.18 Å². The van der Waals surface area contributed by atoms with Crippen LogP contribution in [-0.4, -0.2) is 6.29 Å². The van der Waals surface area contributed by atoms with Crippen LogP contribution < -0.4 is 0 Å². The van der Waals surface area contributed by atoms with Gasteiger partial charge in [-0.05, 0) is 41.3 Å². The number of hydrogen-bond donors (Lipinski definition) is 0. The minimum absolute atomic E-state index is 0.236. The SMILES string of the molecule is CCCc1cc(C=O)ccc1-c1ccc(F)cc1. The van der Waals surface area contributed by atoms with Crippen molar-refractivity contribution < 1.29 is 9.18 Å². The maximum absolute atomic E-state index is 12.9. The summed E-state index contributed by atoms with van der Waals surface area (Å²) in [6, 6.07) is 12.1. The molecule has 1 nitrogen and oxygen atoms in total. The number of carbonyl (C=O) groups is 1. The largest absolute Gasteiger partial charge is 0.298 e. The summed E-state index contributed by atoms with van der Waals surface area (Å²) in [6.07, 6.45) is 2.78. The van der Waals surface area contributed by atoms with E-state index in [1.165, 1.54) is 12.1 Å². The van der Waals surface area contributed by atoms with E-state index < -0.39 is 0 Å². The zero-order valence-electron chi connectivity index (χ0n) is 10.3. The first-order chi connectivity index (χ1) is 8.74. The Morgan fingerprint density at radius 1 is 1.11 bits per heavy atom. The molecule has 0 saturated heterocycles. The summed E-state index contributed by atoms with van der Waals surface area (Å²) in [5, 5.41) is 0. The molecule has 0 aliphatic rings. The molecule has 2 aromatic rings. The molecule has 0 bridgehead atoms. The second-order valence-electron chi connectivity index (χ2n) is 4.29. The molecular weight excluding hydrogens is 227 g/mol. The highest BCUT2D eigenvalue weighted by molar-refractivity contribution is 5.78. The molecule has 0 radical (unpaired) electrons. The van der Waals surface area contributed by atoms with Crippen LogP contribution in [0.4, 0.5) is 4.39 Å². The second-order valence-corrected chi connectivity index (χ2v) is 4.29. The maximum Gasteiger partial charge on any atom is 0.150 e. The third-order valence-electron chi connectivity index (χ3n) is 2.94. The van der Waals surface area contributed by atoms with Gasteiger partial charge in [0.1, 0.15) is 12.1 Å². The van der Waals surface area contributed by atoms with Gasteiger partial charge < -0.3 is 0 Å². The monoisotopic (exact) mass is 242 g/mol. The molecule has 92 valence electrons. The van der Waals surface area contributed by atoms with Gasteiger partial charge in [-0.3, -0.25) is 4.79 Å². The Hall–Kier alpha value is -1.96. The molecule has 0 aliphatic carbocycles. The Bertz CT molecular complexity index is 544. The van der Waals surface area contributed by atoms with E-state index >= 15 is 0 Å². The molecule has 2 heteroatoms. The van der Waals surface area contributed by atoms with Gasteiger partial charge >= 0.3 is 0 Å². The van der Waals surface area contributed by atoms with Crippen LogP contribution >= 0.6 is 0 Å². The van der Waals surface area contributed by atoms with Crippen LogP contribution in [0, 0.1) is 5.82 Å². The molecule has 18 heavy (non-hydrogen) atoms. The van der Waals surface area contributed by atoms with Crippen LogP contribution in [0.2, 0.25) is 0 Å². The standard InChI is InChI=1S/C16H15FO/c1-2-3-14-10-12(11-18)4-9-16(14)13-5-7-15(17)8-6-13/h4-11H,2-3H2,1H3. The zero-order valence-corrected chi connectivity index (χ0v) is 10.3. The van der Waals surface area contributed by atoms with Crippen molar-refractivity contribution in [1.82, 2.24) is 0 Å². The topological polar surface area (TPSA) is 17.1 Å². The highest BCUT2D eigenvalue weighted by Gasteiger charge is 2.06. The first kappa shape index (κ1) is 12.5. The molecule has 0 fully saturated rings. The van der Waals surface area contributed by atoms with E-state index in [4.69, 9.17) is 0 Å². The van der Waals surface area contributed by atoms with Crippen molar-refractivity contribution in [3.05, 3.63) is 59.4 Å². The van der Waals surface area contributed by atoms with E-state index in [0.29, 0.717) is 5.56 Å². The Morgan fingerprint density at radius 3 is 2.44 bits per heavy atom. The van der Waals surface area contributed by atoms with E-state index in [0.717, 1.165) is 35.8 Å². The fourth-order valence-corrected chi connectivity index (χ4v) is 2.07. The molecule has 0 aromatic heterocycles. The second kappa shape index (κ2) is 5.58. The van der Waals surface area contributed by atoms with Crippen molar-refractivity contribution in [2.75, 3.05) is 0 Å². The molecule has 0 heterocycles. The number of hydrogen-bond acceptors (Lipinski definition) is 1. The van der Waals surface area contributed by atoms with Crippen LogP contribution in [-0.2, 0) is 6.42 Å². The molecule has 0 unspecified atom stereocenters. The smallest absolute Gasteiger partial charge is 0.150 e. The van der Waals surface area contributed by atoms with Gasteiger partial charge in [-0.2, -0.15) is 0 Å². The van der Waals surface area contributed by atoms with E-state index in [-0.39, 0.29) is 5.82 Å². The normalized spacial score (nSPS) is 10.3. The van der Waals surface area contributed by atoms with Crippen molar-refractivity contribution in [2.45, 2.75) is 19.8 Å². The van der Waals surface area contributed by atoms with Crippen LogP contribution in [0.25, 0.3) is 11.1 Å². The fraction of sp³-hybridized carbons (Fsp3) is 0.188. The highest BCUT2D eigenvalue weighted by Crippen LogP contribution is 2.25. The summed E-state index contributed by atoms with van der Waals surface area (Å²) in [4.78, 5) is 10.8. The minimum Gasteiger partial charge on any atom is -0.298 e. The molecule has 0 saturated carbocycles. The number of halogens is 1. The molecule has 0 atom stereocenters. The van der Waals surface area contributed by atoms with Crippen molar-refractivity contribution in [1.29, 1.82) is 0 Å². The lowest BCUT2D eigenvalue weighted by Crippen LogP contribution is -1.92. The minimum atomic E-state index is -0.236. The van der Waals surface area contributed by atoms with Gasteiger partial charge in [-0.1, -0.05) is 37.6 Å². The van der Waals surface area contributed by atoms with E-state index in [1.807, 2.05) is 12.1 Å². The predicted octanol–water partition coefficient (Wildman–Crippen LogP) is 4.26. The van der Waals surface area contributed by atoms with Gasteiger partial charge in [0.15, 0.2) is 0 Å². The van der Waals surface area contributed by atoms with Crippen molar-refractivity contribution in [2.24, 2.45) is 0 Å². The maximum atomic E-state index is 12.9. The lowest BCUT2D eigenvalue weighted by atomic mass is 9.95. The average Bonchev–Trinajstić information content (AvgIpc) is 2.40. The van der Waals surface area contributed by atoms with Gasteiger partial charge in [0, 0.05) is 5.56 Å². The average molecular weight is 242 g/mol. The molecule has 2 rings (SSSR count). The van der Waals surface area contributed by atoms with Crippen LogP contribution in [0.1, 0.15) is 29.3 Å². The molecule has 0 spiro atoms. The lowest BCUT2D eigenvalue weighted by molar-refractivity contribution is 0.112. The Kier molecular flexibility index (Phi) is 3.88. The van der Waals surface area contributed by atoms with Crippen molar-refractivity contribution >= 4 is 6.29 Å². The summed E-state index contributed by atoms with van der Waals surface area (Å²) in [6.45, 7) is 2.10. The lowest BCUT2D eigenvalue weighted by Gasteiger charge is -2.10. The fourth-order valence-electron chi connectivity index (χ4n) is 2.07. The van der Waals surface area contributed by atoms with Gasteiger partial charge in [0.2, 0.25) is 0 Å². The van der Waals surface area contributed by atoms with Gasteiger partial charge in [-0.25, -0.2) is 4.39 Å². The highest BCUT2D eigenvalue weighted by atomic mass is 19.1. The molecule has 2 aromatic carbocycles. The van der Waals surface area contributed by atoms with Gasteiger partial charge in [0.25, 0.3) is 0 Å². The number of benzene rings is 2. The summed E-state index contributed by atoms with van der Waals surface area (Å²) < 4.78 is 12.9.